The van der Waals surface area contributed by atoms with E-state index in [0.717, 1.165) is 0 Å². The second kappa shape index (κ2) is 5.34. The molecule has 1 aromatic rings. The molecule has 1 aromatic heterocycles. The number of rotatable bonds is 5. The molecule has 0 aliphatic carbocycles. The maximum absolute atomic E-state index is 11.2. The van der Waals surface area contributed by atoms with Gasteiger partial charge in [0, 0.05) is 26.6 Å². The van der Waals surface area contributed by atoms with Crippen molar-refractivity contribution in [1.29, 1.82) is 0 Å². The van der Waals surface area contributed by atoms with E-state index >= 15 is 0 Å². The average Bonchev–Trinajstić information content (AvgIpc) is 2.54. The van der Waals surface area contributed by atoms with E-state index in [0.29, 0.717) is 18.1 Å². The van der Waals surface area contributed by atoms with Gasteiger partial charge in [0.1, 0.15) is 5.69 Å². The first kappa shape index (κ1) is 14.4. The number of likely N-dealkylation sites (N-methyl/N-ethyl adjacent to an activating group) is 1. The lowest BCUT2D eigenvalue weighted by atomic mass is 10.1. The third-order valence-electron chi connectivity index (χ3n) is 2.65. The van der Waals surface area contributed by atoms with Crippen molar-refractivity contribution in [3.8, 4) is 0 Å². The summed E-state index contributed by atoms with van der Waals surface area (Å²) in [6.07, 6.45) is -0.563. The third kappa shape index (κ3) is 2.79. The van der Waals surface area contributed by atoms with Gasteiger partial charge in [0.25, 0.3) is 0 Å². The van der Waals surface area contributed by atoms with Crippen molar-refractivity contribution in [1.82, 2.24) is 9.78 Å². The van der Waals surface area contributed by atoms with Gasteiger partial charge in [0.15, 0.2) is 0 Å². The number of aliphatic hydroxyl groups excluding tert-OH is 1. The van der Waals surface area contributed by atoms with E-state index in [4.69, 9.17) is 0 Å². The molecule has 1 unspecified atom stereocenters. The summed E-state index contributed by atoms with van der Waals surface area (Å²) in [6, 6.07) is 0. The summed E-state index contributed by atoms with van der Waals surface area (Å²) in [4.78, 5) is 12.5. The smallest absolute Gasteiger partial charge is 0.334 e. The van der Waals surface area contributed by atoms with Crippen LogP contribution in [0.5, 0.6) is 0 Å². The molecule has 0 aromatic carbocycles. The van der Waals surface area contributed by atoms with Gasteiger partial charge in [-0.3, -0.25) is 10.1 Å². The van der Waals surface area contributed by atoms with Gasteiger partial charge in [-0.15, -0.1) is 0 Å². The molecule has 0 fully saturated rings. The monoisotopic (exact) mass is 256 g/mol. The molecular formula is C11H20N4O3. The fourth-order valence-corrected chi connectivity index (χ4v) is 2.00. The van der Waals surface area contributed by atoms with E-state index < -0.39 is 11.0 Å². The predicted molar refractivity (Wildman–Crippen MR) is 68.9 cm³/mol. The lowest BCUT2D eigenvalue weighted by molar-refractivity contribution is -0.385. The van der Waals surface area contributed by atoms with Crippen LogP contribution < -0.4 is 4.90 Å². The maximum Gasteiger partial charge on any atom is 0.334 e. The van der Waals surface area contributed by atoms with Gasteiger partial charge in [-0.25, -0.2) is 4.68 Å². The van der Waals surface area contributed by atoms with Crippen molar-refractivity contribution < 1.29 is 10.0 Å². The van der Waals surface area contributed by atoms with Crippen LogP contribution in [0.15, 0.2) is 0 Å². The number of aryl methyl sites for hydroxylation is 1. The molecule has 0 bridgehead atoms. The molecule has 1 rings (SSSR count). The first-order valence-electron chi connectivity index (χ1n) is 5.86. The highest BCUT2D eigenvalue weighted by Crippen LogP contribution is 2.34. The molecule has 102 valence electrons. The van der Waals surface area contributed by atoms with Crippen molar-refractivity contribution in [2.45, 2.75) is 32.8 Å². The van der Waals surface area contributed by atoms with Crippen molar-refractivity contribution in [3.63, 3.8) is 0 Å². The number of hydrogen-bond acceptors (Lipinski definition) is 5. The fourth-order valence-electron chi connectivity index (χ4n) is 2.00. The Morgan fingerprint density at radius 3 is 2.44 bits per heavy atom. The van der Waals surface area contributed by atoms with Gasteiger partial charge in [-0.05, 0) is 6.92 Å². The molecule has 0 saturated carbocycles. The minimum absolute atomic E-state index is 0.0229. The Balaban J connectivity index is 3.29. The lowest BCUT2D eigenvalue weighted by Crippen LogP contribution is -2.29. The molecule has 18 heavy (non-hydrogen) atoms. The van der Waals surface area contributed by atoms with Crippen LogP contribution in [0.4, 0.5) is 11.5 Å². The molecule has 7 nitrogen and oxygen atoms in total. The van der Waals surface area contributed by atoms with Gasteiger partial charge in [-0.2, -0.15) is 5.10 Å². The van der Waals surface area contributed by atoms with Gasteiger partial charge in [0.05, 0.1) is 11.0 Å². The normalized spacial score (nSPS) is 12.8. The van der Waals surface area contributed by atoms with Gasteiger partial charge in [0.2, 0.25) is 5.82 Å². The van der Waals surface area contributed by atoms with E-state index in [9.17, 15) is 15.2 Å². The summed E-state index contributed by atoms with van der Waals surface area (Å²) in [5.41, 5.74) is 0.491. The summed E-state index contributed by atoms with van der Waals surface area (Å²) in [5.74, 6) is 0.398. The zero-order chi connectivity index (χ0) is 14.0. The quantitative estimate of drug-likeness (QED) is 0.633. The van der Waals surface area contributed by atoms with Crippen molar-refractivity contribution >= 4 is 11.5 Å². The van der Waals surface area contributed by atoms with Crippen LogP contribution in [0.3, 0.4) is 0 Å². The number of anilines is 1. The van der Waals surface area contributed by atoms with Crippen molar-refractivity contribution in [2.75, 3.05) is 18.5 Å². The van der Waals surface area contributed by atoms with Crippen molar-refractivity contribution in [3.05, 3.63) is 15.8 Å². The highest BCUT2D eigenvalue weighted by atomic mass is 16.6. The Morgan fingerprint density at radius 1 is 1.50 bits per heavy atom. The van der Waals surface area contributed by atoms with E-state index in [1.807, 2.05) is 13.8 Å². The molecule has 0 aliphatic rings. The summed E-state index contributed by atoms with van der Waals surface area (Å²) in [7, 11) is 3.38. The Morgan fingerprint density at radius 2 is 2.06 bits per heavy atom. The third-order valence-corrected chi connectivity index (χ3v) is 2.65. The van der Waals surface area contributed by atoms with Gasteiger partial charge in [-0.1, -0.05) is 13.8 Å². The number of hydrogen-bond donors (Lipinski definition) is 1. The molecule has 1 atom stereocenters. The van der Waals surface area contributed by atoms with Crippen molar-refractivity contribution in [2.24, 2.45) is 7.05 Å². The second-order valence-electron chi connectivity index (χ2n) is 4.82. The van der Waals surface area contributed by atoms with Crippen LogP contribution in [0.2, 0.25) is 0 Å². The SMILES string of the molecule is CC(O)CN(C)c1c([N+](=O)[O-])c(C(C)C)nn1C. The lowest BCUT2D eigenvalue weighted by Gasteiger charge is -2.19. The summed E-state index contributed by atoms with van der Waals surface area (Å²) < 4.78 is 1.50. The number of aromatic nitrogens is 2. The second-order valence-corrected chi connectivity index (χ2v) is 4.82. The van der Waals surface area contributed by atoms with Crippen LogP contribution in [0.1, 0.15) is 32.4 Å². The van der Waals surface area contributed by atoms with Crippen LogP contribution in [-0.4, -0.2) is 39.5 Å². The molecule has 0 amide bonds. The topological polar surface area (TPSA) is 84.4 Å². The average molecular weight is 256 g/mol. The predicted octanol–water partition coefficient (Wildman–Crippen LogP) is 1.27. The maximum atomic E-state index is 11.2. The van der Waals surface area contributed by atoms with E-state index in [1.54, 1.807) is 25.9 Å². The molecule has 0 spiro atoms. The number of nitro groups is 1. The van der Waals surface area contributed by atoms with Crippen LogP contribution in [0.25, 0.3) is 0 Å². The number of aliphatic hydroxyl groups is 1. The first-order chi connectivity index (χ1) is 8.25. The Kier molecular flexibility index (Phi) is 4.28. The zero-order valence-corrected chi connectivity index (χ0v) is 11.4. The van der Waals surface area contributed by atoms with Gasteiger partial charge < -0.3 is 10.0 Å². The molecule has 1 heterocycles. The minimum atomic E-state index is -0.563. The van der Waals surface area contributed by atoms with E-state index in [2.05, 4.69) is 5.10 Å². The van der Waals surface area contributed by atoms with E-state index in [1.165, 1.54) is 4.68 Å². The highest BCUT2D eigenvalue weighted by molar-refractivity contribution is 5.62. The zero-order valence-electron chi connectivity index (χ0n) is 11.4. The first-order valence-corrected chi connectivity index (χ1v) is 5.86. The Labute approximate surface area is 106 Å². The molecule has 0 radical (unpaired) electrons. The molecule has 1 N–H and O–H groups in total. The van der Waals surface area contributed by atoms with Gasteiger partial charge >= 0.3 is 5.69 Å². The Hall–Kier alpha value is -1.63. The van der Waals surface area contributed by atoms with Crippen LogP contribution in [-0.2, 0) is 7.05 Å². The Bertz CT molecular complexity index is 440. The van der Waals surface area contributed by atoms with E-state index in [-0.39, 0.29) is 11.6 Å². The standard InChI is InChI=1S/C11H20N4O3/c1-7(2)9-10(15(17)18)11(14(5)12-9)13(4)6-8(3)16/h7-8,16H,6H2,1-5H3. The summed E-state index contributed by atoms with van der Waals surface area (Å²) in [5, 5.41) is 24.8. The highest BCUT2D eigenvalue weighted by Gasteiger charge is 2.30. The van der Waals surface area contributed by atoms with Crippen LogP contribution in [0, 0.1) is 10.1 Å². The summed E-state index contributed by atoms with van der Waals surface area (Å²) in [6.45, 7) is 5.70. The number of nitrogens with zero attached hydrogens (tertiary/aromatic N) is 4. The summed E-state index contributed by atoms with van der Waals surface area (Å²) >= 11 is 0. The molecule has 0 aliphatic heterocycles. The fraction of sp³-hybridized carbons (Fsp3) is 0.727. The minimum Gasteiger partial charge on any atom is -0.392 e. The molecular weight excluding hydrogens is 236 g/mol. The largest absolute Gasteiger partial charge is 0.392 e. The molecule has 7 heteroatoms. The van der Waals surface area contributed by atoms with Crippen LogP contribution >= 0.6 is 0 Å². The molecule has 0 saturated heterocycles.